The molecule has 4 aromatic heterocycles. The lowest BCUT2D eigenvalue weighted by atomic mass is 10.0. The van der Waals surface area contributed by atoms with E-state index in [1.165, 1.54) is 5.56 Å². The van der Waals surface area contributed by atoms with Crippen molar-refractivity contribution in [1.82, 2.24) is 40.8 Å². The SMILES string of the molecule is CNCc1cc(F)cc(-c2cccc3[nH]c(-c4[nH]nc5ncc(-c6cncc(CNCc7ccccc7)c6)cc45)nc23)c1. The van der Waals surface area contributed by atoms with Crippen LogP contribution in [0.1, 0.15) is 16.7 Å². The molecule has 0 saturated heterocycles. The number of halogens is 1. The predicted octanol–water partition coefficient (Wildman–Crippen LogP) is 6.38. The topological polar surface area (TPSA) is 107 Å². The minimum absolute atomic E-state index is 0.279. The lowest BCUT2D eigenvalue weighted by Gasteiger charge is -2.07. The number of nitrogens with one attached hydrogen (secondary N) is 4. The minimum atomic E-state index is -0.279. The van der Waals surface area contributed by atoms with Crippen LogP contribution < -0.4 is 10.6 Å². The van der Waals surface area contributed by atoms with Crippen LogP contribution in [0.2, 0.25) is 0 Å². The highest BCUT2D eigenvalue weighted by molar-refractivity contribution is 5.97. The molecule has 3 aromatic carbocycles. The molecule has 212 valence electrons. The Kier molecular flexibility index (Phi) is 7.16. The van der Waals surface area contributed by atoms with Gasteiger partial charge in [0.1, 0.15) is 11.5 Å². The Morgan fingerprint density at radius 1 is 0.767 bits per heavy atom. The maximum atomic E-state index is 14.5. The van der Waals surface area contributed by atoms with Crippen molar-refractivity contribution in [3.05, 3.63) is 120 Å². The first-order valence-corrected chi connectivity index (χ1v) is 14.1. The quantitative estimate of drug-likeness (QED) is 0.161. The van der Waals surface area contributed by atoms with E-state index in [1.807, 2.05) is 68.1 Å². The summed E-state index contributed by atoms with van der Waals surface area (Å²) in [4.78, 5) is 17.5. The van der Waals surface area contributed by atoms with E-state index in [9.17, 15) is 4.39 Å². The number of aromatic amines is 2. The lowest BCUT2D eigenvalue weighted by Crippen LogP contribution is -2.12. The Labute approximate surface area is 247 Å². The lowest BCUT2D eigenvalue weighted by molar-refractivity contribution is 0.624. The molecule has 0 bridgehead atoms. The van der Waals surface area contributed by atoms with Gasteiger partial charge in [-0.25, -0.2) is 14.4 Å². The molecule has 7 rings (SSSR count). The molecule has 0 spiro atoms. The van der Waals surface area contributed by atoms with Crippen molar-refractivity contribution in [3.8, 4) is 33.8 Å². The van der Waals surface area contributed by atoms with Gasteiger partial charge < -0.3 is 15.6 Å². The van der Waals surface area contributed by atoms with Crippen molar-refractivity contribution in [2.45, 2.75) is 19.6 Å². The molecule has 9 heteroatoms. The number of pyridine rings is 2. The fourth-order valence-corrected chi connectivity index (χ4v) is 5.42. The molecule has 4 heterocycles. The minimum Gasteiger partial charge on any atom is -0.337 e. The van der Waals surface area contributed by atoms with Crippen molar-refractivity contribution in [2.24, 2.45) is 0 Å². The summed E-state index contributed by atoms with van der Waals surface area (Å²) < 4.78 is 14.5. The molecule has 0 aliphatic heterocycles. The van der Waals surface area contributed by atoms with Crippen molar-refractivity contribution in [1.29, 1.82) is 0 Å². The van der Waals surface area contributed by atoms with Gasteiger partial charge in [0.2, 0.25) is 0 Å². The van der Waals surface area contributed by atoms with Gasteiger partial charge in [0.25, 0.3) is 0 Å². The average molecular weight is 569 g/mol. The number of aromatic nitrogens is 6. The summed E-state index contributed by atoms with van der Waals surface area (Å²) in [6, 6.07) is 25.5. The Bertz CT molecular complexity index is 2050. The molecule has 0 radical (unpaired) electrons. The summed E-state index contributed by atoms with van der Waals surface area (Å²) in [5.41, 5.74) is 9.64. The van der Waals surface area contributed by atoms with Crippen LogP contribution in [0.15, 0.2) is 97.5 Å². The molecule has 0 atom stereocenters. The molecule has 0 aliphatic carbocycles. The van der Waals surface area contributed by atoms with Crippen molar-refractivity contribution >= 4 is 22.1 Å². The zero-order valence-corrected chi connectivity index (χ0v) is 23.5. The molecule has 8 nitrogen and oxygen atoms in total. The molecule has 4 N–H and O–H groups in total. The van der Waals surface area contributed by atoms with E-state index in [0.717, 1.165) is 62.0 Å². The average Bonchev–Trinajstić information content (AvgIpc) is 3.65. The third-order valence-electron chi connectivity index (χ3n) is 7.44. The number of H-pyrrole nitrogens is 2. The number of imidazole rings is 1. The third-order valence-corrected chi connectivity index (χ3v) is 7.44. The van der Waals surface area contributed by atoms with Gasteiger partial charge in [-0.3, -0.25) is 10.1 Å². The van der Waals surface area contributed by atoms with E-state index in [4.69, 9.17) is 4.98 Å². The molecular weight excluding hydrogens is 539 g/mol. The summed E-state index contributed by atoms with van der Waals surface area (Å²) in [6.45, 7) is 2.06. The maximum Gasteiger partial charge on any atom is 0.181 e. The van der Waals surface area contributed by atoms with Gasteiger partial charge in [0, 0.05) is 54.9 Å². The van der Waals surface area contributed by atoms with Crippen molar-refractivity contribution < 1.29 is 4.39 Å². The van der Waals surface area contributed by atoms with Crippen LogP contribution in [0.25, 0.3) is 55.8 Å². The van der Waals surface area contributed by atoms with Crippen LogP contribution in [0.4, 0.5) is 4.39 Å². The van der Waals surface area contributed by atoms with E-state index in [0.29, 0.717) is 24.6 Å². The largest absolute Gasteiger partial charge is 0.337 e. The van der Waals surface area contributed by atoms with Crippen molar-refractivity contribution in [2.75, 3.05) is 7.05 Å². The molecular formula is C34H29FN8. The Balaban J connectivity index is 1.20. The number of rotatable bonds is 9. The molecule has 7 aromatic rings. The smallest absolute Gasteiger partial charge is 0.181 e. The first-order valence-electron chi connectivity index (χ1n) is 14.1. The Morgan fingerprint density at radius 3 is 2.49 bits per heavy atom. The van der Waals surface area contributed by atoms with E-state index in [-0.39, 0.29) is 5.82 Å². The zero-order chi connectivity index (χ0) is 29.2. The molecule has 0 aliphatic rings. The number of nitrogens with zero attached hydrogens (tertiary/aromatic N) is 4. The van der Waals surface area contributed by atoms with E-state index >= 15 is 0 Å². The summed E-state index contributed by atoms with van der Waals surface area (Å²) in [5, 5.41) is 15.0. The summed E-state index contributed by atoms with van der Waals surface area (Å²) in [7, 11) is 1.85. The monoisotopic (exact) mass is 568 g/mol. The highest BCUT2D eigenvalue weighted by atomic mass is 19.1. The highest BCUT2D eigenvalue weighted by Gasteiger charge is 2.17. The molecule has 43 heavy (non-hydrogen) atoms. The molecule has 0 fully saturated rings. The molecule has 0 amide bonds. The van der Waals surface area contributed by atoms with Crippen LogP contribution in [-0.4, -0.2) is 37.2 Å². The molecule has 0 saturated carbocycles. The normalized spacial score (nSPS) is 11.5. The van der Waals surface area contributed by atoms with Crippen LogP contribution in [-0.2, 0) is 19.6 Å². The van der Waals surface area contributed by atoms with Gasteiger partial charge in [0.05, 0.1) is 16.4 Å². The van der Waals surface area contributed by atoms with Gasteiger partial charge in [-0.2, -0.15) is 5.10 Å². The van der Waals surface area contributed by atoms with E-state index in [2.05, 4.69) is 60.0 Å². The predicted molar refractivity (Wildman–Crippen MR) is 167 cm³/mol. The van der Waals surface area contributed by atoms with Gasteiger partial charge in [0.15, 0.2) is 11.5 Å². The standard InChI is InChI=1S/C34H29FN8/c1-36-15-22-10-24(13-27(35)12-22)28-8-5-9-30-31(28)41-34(40-30)32-29-14-26(20-39-33(29)43-42-32)25-11-23(18-38-19-25)17-37-16-21-6-3-2-4-7-21/h2-14,18-20,36-37H,15-17H2,1H3,(H,40,41)(H,39,42,43). The highest BCUT2D eigenvalue weighted by Crippen LogP contribution is 2.33. The summed E-state index contributed by atoms with van der Waals surface area (Å²) >= 11 is 0. The fourth-order valence-electron chi connectivity index (χ4n) is 5.42. The first-order chi connectivity index (χ1) is 21.1. The number of para-hydroxylation sites is 1. The third kappa shape index (κ3) is 5.51. The number of benzene rings is 3. The van der Waals surface area contributed by atoms with E-state index in [1.54, 1.807) is 12.1 Å². The van der Waals surface area contributed by atoms with Crippen molar-refractivity contribution in [3.63, 3.8) is 0 Å². The second kappa shape index (κ2) is 11.6. The van der Waals surface area contributed by atoms with Crippen LogP contribution >= 0.6 is 0 Å². The first kappa shape index (κ1) is 26.6. The fraction of sp³-hybridized carbons (Fsp3) is 0.118. The van der Waals surface area contributed by atoms with Gasteiger partial charge in [-0.05, 0) is 65.7 Å². The second-order valence-electron chi connectivity index (χ2n) is 10.5. The zero-order valence-electron chi connectivity index (χ0n) is 23.5. The number of hydrogen-bond acceptors (Lipinski definition) is 6. The van der Waals surface area contributed by atoms with E-state index < -0.39 is 0 Å². The number of fused-ring (bicyclic) bond motifs is 2. The Hall–Kier alpha value is -5.25. The van der Waals surface area contributed by atoms with Crippen LogP contribution in [0, 0.1) is 5.82 Å². The molecule has 0 unspecified atom stereocenters. The van der Waals surface area contributed by atoms with Crippen LogP contribution in [0.5, 0.6) is 0 Å². The van der Waals surface area contributed by atoms with Gasteiger partial charge in [-0.1, -0.05) is 42.5 Å². The maximum absolute atomic E-state index is 14.5. The Morgan fingerprint density at radius 2 is 1.60 bits per heavy atom. The van der Waals surface area contributed by atoms with Gasteiger partial charge in [-0.15, -0.1) is 0 Å². The van der Waals surface area contributed by atoms with Gasteiger partial charge >= 0.3 is 0 Å². The second-order valence-corrected chi connectivity index (χ2v) is 10.5. The summed E-state index contributed by atoms with van der Waals surface area (Å²) in [6.07, 6.45) is 5.54. The number of hydrogen-bond donors (Lipinski definition) is 4. The van der Waals surface area contributed by atoms with Crippen LogP contribution in [0.3, 0.4) is 0 Å². The summed E-state index contributed by atoms with van der Waals surface area (Å²) in [5.74, 6) is 0.354.